The fourth-order valence-electron chi connectivity index (χ4n) is 3.01. The van der Waals surface area contributed by atoms with Gasteiger partial charge >= 0.3 is 0 Å². The third-order valence-electron chi connectivity index (χ3n) is 4.41. The summed E-state index contributed by atoms with van der Waals surface area (Å²) in [5.74, 6) is 0.841. The van der Waals surface area contributed by atoms with Gasteiger partial charge in [0.15, 0.2) is 0 Å². The number of ether oxygens (including phenoxy) is 1. The van der Waals surface area contributed by atoms with Crippen LogP contribution in [0, 0.1) is 5.92 Å². The Balaban J connectivity index is 1.88. The lowest BCUT2D eigenvalue weighted by Crippen LogP contribution is -2.41. The molecule has 0 N–H and O–H groups in total. The van der Waals surface area contributed by atoms with Crippen LogP contribution in [-0.4, -0.2) is 51.7 Å². The number of carbonyl (C=O) groups excluding carboxylic acids is 1. The molecule has 1 aromatic rings. The van der Waals surface area contributed by atoms with Crippen molar-refractivity contribution in [1.29, 1.82) is 0 Å². The molecule has 0 saturated carbocycles. The van der Waals surface area contributed by atoms with E-state index in [4.69, 9.17) is 4.74 Å². The minimum absolute atomic E-state index is 0.250. The summed E-state index contributed by atoms with van der Waals surface area (Å²) in [6.07, 6.45) is 3.88. The van der Waals surface area contributed by atoms with E-state index in [0.29, 0.717) is 12.3 Å². The molecule has 1 aromatic carbocycles. The molecular weight excluding hydrogens is 276 g/mol. The number of amides is 1. The average molecular weight is 304 g/mol. The molecule has 1 heterocycles. The molecule has 0 aromatic heterocycles. The zero-order chi connectivity index (χ0) is 15.9. The zero-order valence-electron chi connectivity index (χ0n) is 14.0. The van der Waals surface area contributed by atoms with E-state index >= 15 is 0 Å². The van der Waals surface area contributed by atoms with Crippen molar-refractivity contribution < 1.29 is 9.53 Å². The molecule has 122 valence electrons. The highest BCUT2D eigenvalue weighted by atomic mass is 16.5. The Morgan fingerprint density at radius 2 is 2.05 bits per heavy atom. The van der Waals surface area contributed by atoms with Gasteiger partial charge < -0.3 is 14.5 Å². The van der Waals surface area contributed by atoms with Crippen LogP contribution in [0.1, 0.15) is 24.8 Å². The summed E-state index contributed by atoms with van der Waals surface area (Å²) >= 11 is 0. The molecule has 2 rings (SSSR count). The first kappa shape index (κ1) is 16.8. The molecule has 4 heteroatoms. The number of hydrogen-bond acceptors (Lipinski definition) is 3. The Bertz CT molecular complexity index is 470. The second-order valence-corrected chi connectivity index (χ2v) is 6.37. The molecule has 0 unspecified atom stereocenters. The van der Waals surface area contributed by atoms with Crippen LogP contribution in [0.2, 0.25) is 0 Å². The normalized spacial score (nSPS) is 18.3. The van der Waals surface area contributed by atoms with Gasteiger partial charge in [-0.15, -0.1) is 0 Å². The number of benzene rings is 1. The van der Waals surface area contributed by atoms with Crippen molar-refractivity contribution >= 4 is 11.6 Å². The predicted octanol–water partition coefficient (Wildman–Crippen LogP) is 2.57. The number of nitrogens with zero attached hydrogens (tertiary/aromatic N) is 2. The van der Waals surface area contributed by atoms with Crippen LogP contribution in [0.25, 0.3) is 0 Å². The number of anilines is 1. The smallest absolute Gasteiger partial charge is 0.226 e. The van der Waals surface area contributed by atoms with E-state index in [9.17, 15) is 4.79 Å². The van der Waals surface area contributed by atoms with Crippen molar-refractivity contribution in [3.63, 3.8) is 0 Å². The third kappa shape index (κ3) is 4.73. The maximum atomic E-state index is 12.5. The van der Waals surface area contributed by atoms with Gasteiger partial charge in [0.05, 0.1) is 6.42 Å². The van der Waals surface area contributed by atoms with E-state index in [1.54, 1.807) is 7.11 Å². The van der Waals surface area contributed by atoms with Gasteiger partial charge in [0, 0.05) is 46.6 Å². The van der Waals surface area contributed by atoms with E-state index in [0.717, 1.165) is 43.8 Å². The summed E-state index contributed by atoms with van der Waals surface area (Å²) in [4.78, 5) is 16.6. The SMILES string of the molecule is COCC[C@@H]1CCCN(C(=O)Cc2ccc(N(C)C)cc2)C1. The van der Waals surface area contributed by atoms with Crippen molar-refractivity contribution in [2.24, 2.45) is 5.92 Å². The number of methoxy groups -OCH3 is 1. The summed E-state index contributed by atoms with van der Waals surface area (Å²) in [7, 11) is 5.78. The van der Waals surface area contributed by atoms with Crippen molar-refractivity contribution in [2.45, 2.75) is 25.7 Å². The van der Waals surface area contributed by atoms with Crippen LogP contribution in [0.15, 0.2) is 24.3 Å². The summed E-state index contributed by atoms with van der Waals surface area (Å²) in [6, 6.07) is 8.25. The largest absolute Gasteiger partial charge is 0.385 e. The predicted molar refractivity (Wildman–Crippen MR) is 90.3 cm³/mol. The molecule has 0 aliphatic carbocycles. The second-order valence-electron chi connectivity index (χ2n) is 6.37. The maximum Gasteiger partial charge on any atom is 0.226 e. The lowest BCUT2D eigenvalue weighted by Gasteiger charge is -2.33. The molecule has 1 fully saturated rings. The van der Waals surface area contributed by atoms with E-state index < -0.39 is 0 Å². The molecular formula is C18H28N2O2. The van der Waals surface area contributed by atoms with Crippen molar-refractivity contribution in [3.8, 4) is 0 Å². The molecule has 0 radical (unpaired) electrons. The number of likely N-dealkylation sites (tertiary alicyclic amines) is 1. The van der Waals surface area contributed by atoms with Crippen molar-refractivity contribution in [2.75, 3.05) is 45.8 Å². The average Bonchev–Trinajstić information content (AvgIpc) is 2.53. The van der Waals surface area contributed by atoms with Crippen LogP contribution in [-0.2, 0) is 16.0 Å². The van der Waals surface area contributed by atoms with Gasteiger partial charge in [-0.05, 0) is 42.9 Å². The summed E-state index contributed by atoms with van der Waals surface area (Å²) in [5, 5.41) is 0. The first-order valence-electron chi connectivity index (χ1n) is 8.13. The van der Waals surface area contributed by atoms with Crippen LogP contribution in [0.5, 0.6) is 0 Å². The minimum atomic E-state index is 0.250. The van der Waals surface area contributed by atoms with Crippen LogP contribution < -0.4 is 4.90 Å². The molecule has 1 aliphatic rings. The van der Waals surface area contributed by atoms with Crippen LogP contribution in [0.3, 0.4) is 0 Å². The number of piperidine rings is 1. The van der Waals surface area contributed by atoms with E-state index in [1.807, 2.05) is 19.0 Å². The Morgan fingerprint density at radius 1 is 1.32 bits per heavy atom. The zero-order valence-corrected chi connectivity index (χ0v) is 14.0. The number of hydrogen-bond donors (Lipinski definition) is 0. The molecule has 1 saturated heterocycles. The van der Waals surface area contributed by atoms with E-state index in [1.165, 1.54) is 6.42 Å². The van der Waals surface area contributed by atoms with Gasteiger partial charge in [0.25, 0.3) is 0 Å². The lowest BCUT2D eigenvalue weighted by atomic mass is 9.94. The van der Waals surface area contributed by atoms with Gasteiger partial charge in [-0.1, -0.05) is 12.1 Å². The quantitative estimate of drug-likeness (QED) is 0.810. The Labute approximate surface area is 134 Å². The summed E-state index contributed by atoms with van der Waals surface area (Å²) in [5.41, 5.74) is 2.25. The van der Waals surface area contributed by atoms with Gasteiger partial charge in [-0.3, -0.25) is 4.79 Å². The highest BCUT2D eigenvalue weighted by molar-refractivity contribution is 5.79. The molecule has 1 atom stereocenters. The lowest BCUT2D eigenvalue weighted by molar-refractivity contribution is -0.132. The molecule has 0 spiro atoms. The maximum absolute atomic E-state index is 12.5. The molecule has 1 aliphatic heterocycles. The fraction of sp³-hybridized carbons (Fsp3) is 0.611. The van der Waals surface area contributed by atoms with E-state index in [-0.39, 0.29) is 5.91 Å². The summed E-state index contributed by atoms with van der Waals surface area (Å²) < 4.78 is 5.16. The third-order valence-corrected chi connectivity index (χ3v) is 4.41. The first-order chi connectivity index (χ1) is 10.6. The highest BCUT2D eigenvalue weighted by Gasteiger charge is 2.23. The second kappa shape index (κ2) is 8.18. The molecule has 1 amide bonds. The molecule has 4 nitrogen and oxygen atoms in total. The molecule has 22 heavy (non-hydrogen) atoms. The standard InChI is InChI=1S/C18H28N2O2/c1-19(2)17-8-6-15(7-9-17)13-18(21)20-11-4-5-16(14-20)10-12-22-3/h6-9,16H,4-5,10-14H2,1-3H3/t16-/m0/s1. The van der Waals surface area contributed by atoms with Crippen LogP contribution >= 0.6 is 0 Å². The number of carbonyl (C=O) groups is 1. The van der Waals surface area contributed by atoms with Crippen molar-refractivity contribution in [1.82, 2.24) is 4.90 Å². The number of rotatable bonds is 6. The Morgan fingerprint density at radius 3 is 2.68 bits per heavy atom. The Kier molecular flexibility index (Phi) is 6.25. The molecule has 0 bridgehead atoms. The van der Waals surface area contributed by atoms with Gasteiger partial charge in [-0.2, -0.15) is 0 Å². The highest BCUT2D eigenvalue weighted by Crippen LogP contribution is 2.21. The van der Waals surface area contributed by atoms with E-state index in [2.05, 4.69) is 29.2 Å². The van der Waals surface area contributed by atoms with Gasteiger partial charge in [-0.25, -0.2) is 0 Å². The monoisotopic (exact) mass is 304 g/mol. The van der Waals surface area contributed by atoms with Crippen LogP contribution in [0.4, 0.5) is 5.69 Å². The van der Waals surface area contributed by atoms with Gasteiger partial charge in [0.2, 0.25) is 5.91 Å². The Hall–Kier alpha value is -1.55. The topological polar surface area (TPSA) is 32.8 Å². The first-order valence-corrected chi connectivity index (χ1v) is 8.13. The fourth-order valence-corrected chi connectivity index (χ4v) is 3.01. The van der Waals surface area contributed by atoms with Crippen molar-refractivity contribution in [3.05, 3.63) is 29.8 Å². The van der Waals surface area contributed by atoms with Gasteiger partial charge in [0.1, 0.15) is 0 Å². The summed E-state index contributed by atoms with van der Waals surface area (Å²) in [6.45, 7) is 2.58. The minimum Gasteiger partial charge on any atom is -0.385 e.